The normalized spacial score (nSPS) is 18.0. The minimum atomic E-state index is -2.31. The van der Waals surface area contributed by atoms with E-state index < -0.39 is 91.5 Å². The molecule has 3 aromatic rings. The van der Waals surface area contributed by atoms with Crippen molar-refractivity contribution in [3.05, 3.63) is 89.0 Å². The van der Waals surface area contributed by atoms with Gasteiger partial charge in [-0.1, -0.05) is 60.7 Å². The average molecular weight is 881 g/mol. The Morgan fingerprint density at radius 1 is 0.797 bits per heavy atom. The number of amides is 8. The third-order valence-electron chi connectivity index (χ3n) is 11.5. The molecule has 0 spiro atoms. The van der Waals surface area contributed by atoms with E-state index in [2.05, 4.69) is 55.2 Å². The van der Waals surface area contributed by atoms with Gasteiger partial charge in [-0.3, -0.25) is 33.6 Å². The Balaban J connectivity index is 1.09. The van der Waals surface area contributed by atoms with Crippen LogP contribution < -0.4 is 47.1 Å². The molecule has 6 rings (SSSR count). The Labute approximate surface area is 370 Å². The van der Waals surface area contributed by atoms with Gasteiger partial charge in [-0.2, -0.15) is 0 Å². The summed E-state index contributed by atoms with van der Waals surface area (Å²) in [5.41, 5.74) is 3.73. The van der Waals surface area contributed by atoms with Gasteiger partial charge in [0.15, 0.2) is 5.41 Å². The molecule has 340 valence electrons. The Morgan fingerprint density at radius 2 is 1.50 bits per heavy atom. The van der Waals surface area contributed by atoms with E-state index in [4.69, 9.17) is 4.74 Å². The number of hydrogen-bond donors (Lipinski definition) is 7. The van der Waals surface area contributed by atoms with Crippen LogP contribution in [0.4, 0.5) is 4.79 Å². The SMILES string of the molecule is CN1CCc2c(cccc2OCCCNC(=O)CCNC(=O)C2(CNC(=O)CN(CC3c4ccccc4-c4ccccc43)C(=O)[O-])CNC(=O)CCNC(=O)CNC(=O)CNC2=O)C1. The smallest absolute Gasteiger partial charge is 0.239 e. The number of carboxylic acid groups (broad SMARTS) is 1. The number of nitrogens with one attached hydrogen (secondary N) is 7. The minimum Gasteiger partial charge on any atom is -0.530 e. The summed E-state index contributed by atoms with van der Waals surface area (Å²) in [6, 6.07) is 21.1. The predicted octanol–water partition coefficient (Wildman–Crippen LogP) is -1.51. The Bertz CT molecular complexity index is 2210. The molecule has 64 heavy (non-hydrogen) atoms. The largest absolute Gasteiger partial charge is 0.530 e. The second-order valence-electron chi connectivity index (χ2n) is 16.0. The third kappa shape index (κ3) is 11.9. The lowest BCUT2D eigenvalue weighted by molar-refractivity contribution is -0.265. The lowest BCUT2D eigenvalue weighted by Crippen LogP contribution is -2.63. The number of likely N-dealkylation sites (N-methyl/N-ethyl adjacent to an activating group) is 1. The van der Waals surface area contributed by atoms with Crippen molar-refractivity contribution in [2.45, 2.75) is 38.1 Å². The zero-order valence-corrected chi connectivity index (χ0v) is 35.7. The molecule has 19 nitrogen and oxygen atoms in total. The van der Waals surface area contributed by atoms with Crippen LogP contribution in [0.5, 0.6) is 5.75 Å². The fourth-order valence-electron chi connectivity index (χ4n) is 8.01. The molecule has 0 radical (unpaired) electrons. The van der Waals surface area contributed by atoms with E-state index in [1.807, 2.05) is 60.7 Å². The number of carbonyl (C=O) groups is 8. The van der Waals surface area contributed by atoms with E-state index in [1.54, 1.807) is 0 Å². The standard InChI is InChI=1S/C45H55N9O10/c1-53-20-16-30-29(24-53)8-6-13-36(30)64-21-7-17-46-37(55)15-19-48-42(60)45(27-51-38(56)14-18-47-39(57)22-49-40(58)23-50-43(45)61)28-52-41(59)26-54(44(62)63)25-35-33-11-4-2-9-31(33)32-10-3-5-12-34(32)35/h2-6,8-13,35H,7,14-28H2,1H3,(H,46,55)(H,47,57)(H,48,60)(H,49,58)(H,50,61)(H,51,56)(H,52,59)(H,62,63)/p-1. The van der Waals surface area contributed by atoms with Crippen LogP contribution in [0.15, 0.2) is 66.7 Å². The molecule has 1 saturated heterocycles. The first kappa shape index (κ1) is 46.5. The highest BCUT2D eigenvalue weighted by Gasteiger charge is 2.47. The van der Waals surface area contributed by atoms with Crippen molar-refractivity contribution in [3.8, 4) is 16.9 Å². The minimum absolute atomic E-state index is 0.120. The van der Waals surface area contributed by atoms with Crippen molar-refractivity contribution in [1.29, 1.82) is 0 Å². The molecule has 1 unspecified atom stereocenters. The molecule has 7 N–H and O–H groups in total. The first-order valence-corrected chi connectivity index (χ1v) is 21.3. The van der Waals surface area contributed by atoms with Crippen molar-refractivity contribution in [2.24, 2.45) is 5.41 Å². The molecule has 3 aromatic carbocycles. The molecule has 1 atom stereocenters. The van der Waals surface area contributed by atoms with Gasteiger partial charge in [-0.25, -0.2) is 0 Å². The molecule has 1 aliphatic carbocycles. The summed E-state index contributed by atoms with van der Waals surface area (Å²) in [6.45, 7) is -1.36. The van der Waals surface area contributed by atoms with Crippen LogP contribution in [-0.4, -0.2) is 136 Å². The summed E-state index contributed by atoms with van der Waals surface area (Å²) in [6.07, 6.45) is -0.680. The van der Waals surface area contributed by atoms with E-state index >= 15 is 0 Å². The summed E-state index contributed by atoms with van der Waals surface area (Å²) in [5.74, 6) is -4.94. The van der Waals surface area contributed by atoms with Crippen LogP contribution in [0, 0.1) is 5.41 Å². The predicted molar refractivity (Wildman–Crippen MR) is 230 cm³/mol. The fraction of sp³-hybridized carbons (Fsp3) is 0.422. The quantitative estimate of drug-likeness (QED) is 0.0683. The van der Waals surface area contributed by atoms with Crippen LogP contribution in [0.2, 0.25) is 0 Å². The van der Waals surface area contributed by atoms with Gasteiger partial charge < -0.3 is 61.7 Å². The monoisotopic (exact) mass is 880 g/mol. The number of rotatable bonds is 15. The first-order chi connectivity index (χ1) is 30.8. The highest BCUT2D eigenvalue weighted by Crippen LogP contribution is 2.44. The maximum Gasteiger partial charge on any atom is 0.239 e. The Hall–Kier alpha value is -7.02. The highest BCUT2D eigenvalue weighted by molar-refractivity contribution is 6.07. The van der Waals surface area contributed by atoms with Gasteiger partial charge in [0.25, 0.3) is 0 Å². The lowest BCUT2D eigenvalue weighted by Gasteiger charge is -2.33. The number of benzene rings is 3. The Morgan fingerprint density at radius 3 is 2.23 bits per heavy atom. The van der Waals surface area contributed by atoms with E-state index in [0.29, 0.717) is 19.6 Å². The zero-order chi connectivity index (χ0) is 45.6. The Kier molecular flexibility index (Phi) is 15.9. The first-order valence-electron chi connectivity index (χ1n) is 21.3. The van der Waals surface area contributed by atoms with Crippen molar-refractivity contribution in [2.75, 3.05) is 79.1 Å². The zero-order valence-electron chi connectivity index (χ0n) is 35.7. The summed E-state index contributed by atoms with van der Waals surface area (Å²) in [4.78, 5) is 108. The number of ether oxygens (including phenoxy) is 1. The van der Waals surface area contributed by atoms with Gasteiger partial charge in [0.2, 0.25) is 41.4 Å². The van der Waals surface area contributed by atoms with Gasteiger partial charge >= 0.3 is 0 Å². The van der Waals surface area contributed by atoms with Crippen molar-refractivity contribution < 1.29 is 48.2 Å². The molecule has 0 saturated carbocycles. The van der Waals surface area contributed by atoms with Crippen molar-refractivity contribution >= 4 is 47.4 Å². The van der Waals surface area contributed by atoms with Crippen LogP contribution in [-0.2, 0) is 46.5 Å². The van der Waals surface area contributed by atoms with Gasteiger partial charge in [-0.05, 0) is 59.3 Å². The van der Waals surface area contributed by atoms with Crippen LogP contribution in [0.1, 0.15) is 47.4 Å². The molecule has 1 fully saturated rings. The summed E-state index contributed by atoms with van der Waals surface area (Å²) in [5, 5.41) is 30.0. The third-order valence-corrected chi connectivity index (χ3v) is 11.5. The molecule has 8 amide bonds. The van der Waals surface area contributed by atoms with Crippen molar-refractivity contribution in [1.82, 2.24) is 47.0 Å². The molecule has 0 bridgehead atoms. The van der Waals surface area contributed by atoms with Crippen LogP contribution in [0.25, 0.3) is 11.1 Å². The van der Waals surface area contributed by atoms with Crippen molar-refractivity contribution in [3.63, 3.8) is 0 Å². The van der Waals surface area contributed by atoms with E-state index in [9.17, 15) is 43.5 Å². The van der Waals surface area contributed by atoms with Gasteiger partial charge in [0.1, 0.15) is 11.8 Å². The van der Waals surface area contributed by atoms with E-state index in [1.165, 1.54) is 11.1 Å². The van der Waals surface area contributed by atoms with Crippen LogP contribution in [0.3, 0.4) is 0 Å². The second kappa shape index (κ2) is 21.9. The number of carbonyl (C=O) groups excluding carboxylic acids is 8. The maximum atomic E-state index is 14.1. The molecule has 19 heteroatoms. The van der Waals surface area contributed by atoms with Gasteiger partial charge in [0, 0.05) is 71.1 Å². The number of nitrogens with zero attached hydrogens (tertiary/aromatic N) is 2. The molecule has 2 heterocycles. The fourth-order valence-corrected chi connectivity index (χ4v) is 8.01. The second-order valence-corrected chi connectivity index (χ2v) is 16.0. The van der Waals surface area contributed by atoms with Gasteiger partial charge in [-0.15, -0.1) is 0 Å². The van der Waals surface area contributed by atoms with Crippen LogP contribution >= 0.6 is 0 Å². The topological polar surface area (TPSA) is 260 Å². The summed E-state index contributed by atoms with van der Waals surface area (Å²) < 4.78 is 6.03. The number of hydrogen-bond acceptors (Lipinski definition) is 11. The lowest BCUT2D eigenvalue weighted by atomic mass is 9.84. The molecular formula is C45H54N9O10-. The maximum absolute atomic E-state index is 14.1. The molecule has 2 aliphatic heterocycles. The molecule has 0 aromatic heterocycles. The number of fused-ring (bicyclic) bond motifs is 4. The van der Waals surface area contributed by atoms with E-state index in [0.717, 1.165) is 52.4 Å². The molecule has 3 aliphatic rings. The summed E-state index contributed by atoms with van der Waals surface area (Å²) >= 11 is 0. The summed E-state index contributed by atoms with van der Waals surface area (Å²) in [7, 11) is 2.07. The van der Waals surface area contributed by atoms with E-state index in [-0.39, 0.29) is 32.5 Å². The average Bonchev–Trinajstić information content (AvgIpc) is 3.59. The van der Waals surface area contributed by atoms with Gasteiger partial charge in [0.05, 0.1) is 26.2 Å². The highest BCUT2D eigenvalue weighted by atomic mass is 16.5. The molecular weight excluding hydrogens is 827 g/mol.